The summed E-state index contributed by atoms with van der Waals surface area (Å²) in [6.07, 6.45) is 3.72. The smallest absolute Gasteiger partial charge is 0.303 e. The van der Waals surface area contributed by atoms with Crippen molar-refractivity contribution in [2.45, 2.75) is 52.6 Å². The van der Waals surface area contributed by atoms with E-state index in [4.69, 9.17) is 4.74 Å². The fraction of sp³-hybridized carbons (Fsp3) is 0.474. The average molecular weight is 391 g/mol. The van der Waals surface area contributed by atoms with Crippen LogP contribution in [-0.2, 0) is 10.7 Å². The minimum Gasteiger partial charge on any atom is -0.487 e. The van der Waals surface area contributed by atoms with E-state index in [9.17, 15) is 13.6 Å². The summed E-state index contributed by atoms with van der Waals surface area (Å²) in [5.41, 5.74) is 0.869. The van der Waals surface area contributed by atoms with E-state index in [1.54, 1.807) is 19.1 Å². The van der Waals surface area contributed by atoms with Crippen molar-refractivity contribution in [1.82, 2.24) is 15.0 Å². The van der Waals surface area contributed by atoms with Gasteiger partial charge in [-0.25, -0.2) is 15.0 Å². The molecule has 7 nitrogen and oxygen atoms in total. The van der Waals surface area contributed by atoms with Crippen LogP contribution in [0.1, 0.15) is 45.1 Å². The number of amides is 1. The fourth-order valence-electron chi connectivity index (χ4n) is 2.71. The quantitative estimate of drug-likeness (QED) is 0.736. The lowest BCUT2D eigenvalue weighted by atomic mass is 10.2. The minimum absolute atomic E-state index is 0.00311. The third kappa shape index (κ3) is 5.11. The van der Waals surface area contributed by atoms with Gasteiger partial charge in [0, 0.05) is 31.7 Å². The molecule has 0 spiro atoms. The van der Waals surface area contributed by atoms with E-state index in [0.717, 1.165) is 19.8 Å². The van der Waals surface area contributed by atoms with Crippen molar-refractivity contribution in [2.75, 3.05) is 10.6 Å². The minimum atomic E-state index is -3.16. The van der Waals surface area contributed by atoms with E-state index in [1.807, 2.05) is 6.92 Å². The van der Waals surface area contributed by atoms with Crippen LogP contribution in [-0.4, -0.2) is 27.0 Å². The van der Waals surface area contributed by atoms with Crippen LogP contribution in [0.5, 0.6) is 5.75 Å². The zero-order chi connectivity index (χ0) is 20.5. The van der Waals surface area contributed by atoms with Crippen LogP contribution < -0.4 is 15.4 Å². The number of hydrogen-bond acceptors (Lipinski definition) is 6. The zero-order valence-corrected chi connectivity index (χ0v) is 16.2. The summed E-state index contributed by atoms with van der Waals surface area (Å²) in [6.45, 7) is 5.72. The number of nitrogens with zero attached hydrogens (tertiary/aromatic N) is 3. The number of carbonyl (C=O) groups excluding carboxylic acids is 1. The van der Waals surface area contributed by atoms with Crippen molar-refractivity contribution in [3.63, 3.8) is 0 Å². The third-order valence-electron chi connectivity index (χ3n) is 4.28. The van der Waals surface area contributed by atoms with Crippen LogP contribution in [0.15, 0.2) is 18.3 Å². The van der Waals surface area contributed by atoms with Crippen LogP contribution in [0.2, 0.25) is 0 Å². The van der Waals surface area contributed by atoms with E-state index < -0.39 is 11.7 Å². The molecule has 1 fully saturated rings. The Bertz CT molecular complexity index is 881. The molecule has 1 aliphatic rings. The van der Waals surface area contributed by atoms with Crippen molar-refractivity contribution in [1.29, 1.82) is 0 Å². The lowest BCUT2D eigenvalue weighted by Crippen LogP contribution is -2.17. The molecule has 3 rings (SSSR count). The molecule has 1 atom stereocenters. The summed E-state index contributed by atoms with van der Waals surface area (Å²) >= 11 is 0. The van der Waals surface area contributed by atoms with Crippen LogP contribution in [0.25, 0.3) is 0 Å². The first-order valence-electron chi connectivity index (χ1n) is 9.07. The molecule has 0 bridgehead atoms. The summed E-state index contributed by atoms with van der Waals surface area (Å²) in [6, 6.07) is 3.14. The van der Waals surface area contributed by atoms with Crippen LogP contribution in [0, 0.1) is 12.8 Å². The van der Waals surface area contributed by atoms with Crippen molar-refractivity contribution in [3.8, 4) is 5.75 Å². The molecule has 1 amide bonds. The zero-order valence-electron chi connectivity index (χ0n) is 16.2. The number of ether oxygens (including phenoxy) is 1. The van der Waals surface area contributed by atoms with Crippen molar-refractivity contribution >= 4 is 23.2 Å². The highest BCUT2D eigenvalue weighted by Crippen LogP contribution is 2.37. The first-order valence-corrected chi connectivity index (χ1v) is 9.07. The molecule has 1 saturated carbocycles. The SMILES string of the molecule is CC(=O)Nc1cc(Nc2cc(C)nc(C(C)(F)F)n2)c(OC(C)C2CC2)cn1. The number of anilines is 3. The second-order valence-corrected chi connectivity index (χ2v) is 7.14. The number of carbonyl (C=O) groups is 1. The van der Waals surface area contributed by atoms with Gasteiger partial charge >= 0.3 is 5.92 Å². The lowest BCUT2D eigenvalue weighted by Gasteiger charge is -2.19. The Morgan fingerprint density at radius 1 is 1.29 bits per heavy atom. The second kappa shape index (κ2) is 7.65. The molecule has 0 saturated heterocycles. The molecule has 1 unspecified atom stereocenters. The van der Waals surface area contributed by atoms with E-state index in [1.165, 1.54) is 13.1 Å². The molecule has 1 aliphatic carbocycles. The largest absolute Gasteiger partial charge is 0.487 e. The summed E-state index contributed by atoms with van der Waals surface area (Å²) in [4.78, 5) is 23.2. The van der Waals surface area contributed by atoms with E-state index in [0.29, 0.717) is 28.9 Å². The topological polar surface area (TPSA) is 89.0 Å². The van der Waals surface area contributed by atoms with Crippen molar-refractivity contribution in [3.05, 3.63) is 29.8 Å². The van der Waals surface area contributed by atoms with Gasteiger partial charge in [0.05, 0.1) is 18.0 Å². The summed E-state index contributed by atoms with van der Waals surface area (Å²) in [7, 11) is 0. The number of rotatable bonds is 7. The number of pyridine rings is 1. The number of nitrogens with one attached hydrogen (secondary N) is 2. The van der Waals surface area contributed by atoms with Crippen molar-refractivity contribution < 1.29 is 18.3 Å². The molecule has 2 N–H and O–H groups in total. The maximum atomic E-state index is 13.7. The Morgan fingerprint density at radius 3 is 2.61 bits per heavy atom. The Labute approximate surface area is 161 Å². The van der Waals surface area contributed by atoms with Gasteiger partial charge in [0.2, 0.25) is 11.7 Å². The second-order valence-electron chi connectivity index (χ2n) is 7.14. The summed E-state index contributed by atoms with van der Waals surface area (Å²) in [5.74, 6) is -2.54. The monoisotopic (exact) mass is 391 g/mol. The third-order valence-corrected chi connectivity index (χ3v) is 4.28. The highest BCUT2D eigenvalue weighted by atomic mass is 19.3. The molecule has 150 valence electrons. The number of halogens is 2. The molecule has 2 aromatic rings. The number of alkyl halides is 2. The number of aryl methyl sites for hydroxylation is 1. The van der Waals surface area contributed by atoms with Gasteiger partial charge in [-0.1, -0.05) is 0 Å². The van der Waals surface area contributed by atoms with Gasteiger partial charge in [0.15, 0.2) is 5.75 Å². The maximum Gasteiger partial charge on any atom is 0.303 e. The number of hydrogen-bond donors (Lipinski definition) is 2. The fourth-order valence-corrected chi connectivity index (χ4v) is 2.71. The summed E-state index contributed by atoms with van der Waals surface area (Å²) in [5, 5.41) is 5.60. The predicted octanol–water partition coefficient (Wildman–Crippen LogP) is 4.17. The molecule has 0 radical (unpaired) electrons. The summed E-state index contributed by atoms with van der Waals surface area (Å²) < 4.78 is 33.3. The van der Waals surface area contributed by atoms with Gasteiger partial charge < -0.3 is 15.4 Å². The van der Waals surface area contributed by atoms with Gasteiger partial charge in [0.25, 0.3) is 0 Å². The van der Waals surface area contributed by atoms with E-state index >= 15 is 0 Å². The van der Waals surface area contributed by atoms with Gasteiger partial charge in [-0.15, -0.1) is 0 Å². The molecule has 28 heavy (non-hydrogen) atoms. The normalized spacial score (nSPS) is 15.1. The standard InChI is InChI=1S/C19H23F2N5O2/c1-10-7-17(26-18(23-10)19(4,20)21)25-14-8-16(24-12(3)27)22-9-15(14)28-11(2)13-5-6-13/h7-9,11,13H,5-6H2,1-4H3,(H2,22,23,24,25,26,27). The maximum absolute atomic E-state index is 13.7. The molecule has 2 aromatic heterocycles. The highest BCUT2D eigenvalue weighted by molar-refractivity contribution is 5.88. The average Bonchev–Trinajstić information content (AvgIpc) is 3.40. The Hall–Kier alpha value is -2.84. The van der Waals surface area contributed by atoms with Crippen LogP contribution in [0.3, 0.4) is 0 Å². The molecule has 9 heteroatoms. The van der Waals surface area contributed by atoms with Gasteiger partial charge in [-0.05, 0) is 32.6 Å². The molecular formula is C19H23F2N5O2. The number of aromatic nitrogens is 3. The molecule has 2 heterocycles. The molecule has 0 aromatic carbocycles. The Balaban J connectivity index is 1.93. The Morgan fingerprint density at radius 2 is 2.00 bits per heavy atom. The van der Waals surface area contributed by atoms with Crippen molar-refractivity contribution in [2.24, 2.45) is 5.92 Å². The van der Waals surface area contributed by atoms with Crippen LogP contribution >= 0.6 is 0 Å². The van der Waals surface area contributed by atoms with Gasteiger partial charge in [-0.2, -0.15) is 8.78 Å². The van der Waals surface area contributed by atoms with Gasteiger partial charge in [-0.3, -0.25) is 4.79 Å². The first-order chi connectivity index (χ1) is 13.1. The van der Waals surface area contributed by atoms with E-state index in [-0.39, 0.29) is 17.8 Å². The molecular weight excluding hydrogens is 368 g/mol. The predicted molar refractivity (Wildman–Crippen MR) is 101 cm³/mol. The first kappa shape index (κ1) is 19.9. The molecule has 0 aliphatic heterocycles. The lowest BCUT2D eigenvalue weighted by molar-refractivity contribution is -0.114. The van der Waals surface area contributed by atoms with E-state index in [2.05, 4.69) is 25.6 Å². The highest BCUT2D eigenvalue weighted by Gasteiger charge is 2.31. The van der Waals surface area contributed by atoms with Crippen LogP contribution in [0.4, 0.5) is 26.1 Å². The Kier molecular flexibility index (Phi) is 5.44. The van der Waals surface area contributed by atoms with Gasteiger partial charge in [0.1, 0.15) is 11.6 Å².